The summed E-state index contributed by atoms with van der Waals surface area (Å²) in [6.45, 7) is 3.23. The van der Waals surface area contributed by atoms with Gasteiger partial charge < -0.3 is 15.8 Å². The Morgan fingerprint density at radius 3 is 2.95 bits per heavy atom. The summed E-state index contributed by atoms with van der Waals surface area (Å²) in [4.78, 5) is 15.8. The van der Waals surface area contributed by atoms with Gasteiger partial charge in [0.05, 0.1) is 31.7 Å². The Balaban J connectivity index is 2.03. The number of carbonyl (C=O) groups excluding carboxylic acids is 1. The van der Waals surface area contributed by atoms with Crippen LogP contribution in [0.3, 0.4) is 0 Å². The molecule has 0 aromatic carbocycles. The molecule has 2 rings (SSSR count). The van der Waals surface area contributed by atoms with Crippen LogP contribution in [0.15, 0.2) is 24.7 Å². The Labute approximate surface area is 116 Å². The number of nitrogens with two attached hydrogens (primary N) is 1. The van der Waals surface area contributed by atoms with Gasteiger partial charge in [0.25, 0.3) is 0 Å². The molecule has 106 valence electrons. The lowest BCUT2D eigenvalue weighted by Gasteiger charge is -2.10. The molecule has 0 fully saturated rings. The molecule has 0 aliphatic heterocycles. The van der Waals surface area contributed by atoms with Crippen LogP contribution in [0.4, 0.5) is 11.5 Å². The molecular weight excluding hydrogens is 258 g/mol. The van der Waals surface area contributed by atoms with E-state index in [0.29, 0.717) is 30.2 Å². The van der Waals surface area contributed by atoms with Crippen molar-refractivity contribution in [2.45, 2.75) is 13.5 Å². The molecule has 2 aromatic rings. The number of aromatic nitrogens is 3. The van der Waals surface area contributed by atoms with Crippen molar-refractivity contribution in [3.8, 4) is 0 Å². The standard InChI is InChI=1S/C13H17N5O2/c1-9-6-17-18(8-9)4-3-15-12-11(13(19)20-2)5-10(14)7-16-12/h5-8H,3-4,14H2,1-2H3,(H,15,16). The molecule has 0 radical (unpaired) electrons. The van der Waals surface area contributed by atoms with E-state index in [9.17, 15) is 4.79 Å². The third-order valence-corrected chi connectivity index (χ3v) is 2.71. The van der Waals surface area contributed by atoms with Gasteiger partial charge in [-0.2, -0.15) is 5.10 Å². The van der Waals surface area contributed by atoms with E-state index in [2.05, 4.69) is 15.4 Å². The van der Waals surface area contributed by atoms with E-state index in [1.54, 1.807) is 12.3 Å². The Kier molecular flexibility index (Phi) is 4.19. The molecule has 7 heteroatoms. The monoisotopic (exact) mass is 275 g/mol. The van der Waals surface area contributed by atoms with E-state index >= 15 is 0 Å². The predicted octanol–water partition coefficient (Wildman–Crippen LogP) is 1.07. The Morgan fingerprint density at radius 1 is 1.50 bits per heavy atom. The van der Waals surface area contributed by atoms with Crippen molar-refractivity contribution in [2.75, 3.05) is 24.7 Å². The maximum absolute atomic E-state index is 11.6. The smallest absolute Gasteiger partial charge is 0.341 e. The van der Waals surface area contributed by atoms with Crippen molar-refractivity contribution in [1.82, 2.24) is 14.8 Å². The van der Waals surface area contributed by atoms with Gasteiger partial charge >= 0.3 is 5.97 Å². The fourth-order valence-electron chi connectivity index (χ4n) is 1.77. The van der Waals surface area contributed by atoms with Crippen LogP contribution in [0.25, 0.3) is 0 Å². The number of anilines is 2. The molecule has 0 spiro atoms. The molecule has 3 N–H and O–H groups in total. The summed E-state index contributed by atoms with van der Waals surface area (Å²) in [5, 5.41) is 7.26. The van der Waals surface area contributed by atoms with Crippen molar-refractivity contribution < 1.29 is 9.53 Å². The number of nitrogen functional groups attached to an aromatic ring is 1. The highest BCUT2D eigenvalue weighted by Gasteiger charge is 2.13. The molecule has 2 heterocycles. The van der Waals surface area contributed by atoms with Gasteiger partial charge in [-0.05, 0) is 18.6 Å². The van der Waals surface area contributed by atoms with Crippen LogP contribution < -0.4 is 11.1 Å². The fourth-order valence-corrected chi connectivity index (χ4v) is 1.77. The van der Waals surface area contributed by atoms with Crippen LogP contribution in [0, 0.1) is 6.92 Å². The second kappa shape index (κ2) is 6.05. The van der Waals surface area contributed by atoms with E-state index in [4.69, 9.17) is 10.5 Å². The third-order valence-electron chi connectivity index (χ3n) is 2.71. The zero-order valence-electron chi connectivity index (χ0n) is 11.5. The van der Waals surface area contributed by atoms with E-state index in [0.717, 1.165) is 5.56 Å². The van der Waals surface area contributed by atoms with Crippen LogP contribution in [-0.2, 0) is 11.3 Å². The second-order valence-corrected chi connectivity index (χ2v) is 4.36. The first-order valence-electron chi connectivity index (χ1n) is 6.17. The van der Waals surface area contributed by atoms with Gasteiger partial charge in [-0.1, -0.05) is 0 Å². The number of nitrogens with one attached hydrogen (secondary N) is 1. The number of aryl methyl sites for hydroxylation is 1. The number of nitrogens with zero attached hydrogens (tertiary/aromatic N) is 3. The molecule has 0 aliphatic carbocycles. The van der Waals surface area contributed by atoms with Crippen LogP contribution in [0.5, 0.6) is 0 Å². The Bertz CT molecular complexity index is 609. The van der Waals surface area contributed by atoms with Gasteiger partial charge in [-0.15, -0.1) is 0 Å². The van der Waals surface area contributed by atoms with Gasteiger partial charge in [0.2, 0.25) is 0 Å². The molecule has 7 nitrogen and oxygen atoms in total. The molecule has 0 aliphatic rings. The average Bonchev–Trinajstić information content (AvgIpc) is 2.85. The minimum atomic E-state index is -0.470. The summed E-state index contributed by atoms with van der Waals surface area (Å²) >= 11 is 0. The summed E-state index contributed by atoms with van der Waals surface area (Å²) in [5.41, 5.74) is 7.47. The maximum atomic E-state index is 11.6. The highest BCUT2D eigenvalue weighted by molar-refractivity contribution is 5.95. The summed E-state index contributed by atoms with van der Waals surface area (Å²) < 4.78 is 6.52. The highest BCUT2D eigenvalue weighted by Crippen LogP contribution is 2.16. The third kappa shape index (κ3) is 3.25. The number of methoxy groups -OCH3 is 1. The lowest BCUT2D eigenvalue weighted by molar-refractivity contribution is 0.0601. The number of pyridine rings is 1. The molecule has 0 saturated heterocycles. The lowest BCUT2D eigenvalue weighted by Crippen LogP contribution is -2.15. The van der Waals surface area contributed by atoms with Crippen LogP contribution in [0.1, 0.15) is 15.9 Å². The first-order chi connectivity index (χ1) is 9.60. The van der Waals surface area contributed by atoms with E-state index < -0.39 is 5.97 Å². The molecule has 2 aromatic heterocycles. The first-order valence-corrected chi connectivity index (χ1v) is 6.17. The second-order valence-electron chi connectivity index (χ2n) is 4.36. The fraction of sp³-hybridized carbons (Fsp3) is 0.308. The van der Waals surface area contributed by atoms with Gasteiger partial charge in [0, 0.05) is 12.7 Å². The number of hydrogen-bond donors (Lipinski definition) is 2. The molecule has 0 bridgehead atoms. The number of carbonyl (C=O) groups is 1. The van der Waals surface area contributed by atoms with E-state index in [-0.39, 0.29) is 0 Å². The van der Waals surface area contributed by atoms with Crippen LogP contribution in [-0.4, -0.2) is 34.4 Å². The van der Waals surface area contributed by atoms with E-state index in [1.165, 1.54) is 13.3 Å². The highest BCUT2D eigenvalue weighted by atomic mass is 16.5. The molecular formula is C13H17N5O2. The van der Waals surface area contributed by atoms with E-state index in [1.807, 2.05) is 17.8 Å². The minimum absolute atomic E-state index is 0.323. The quantitative estimate of drug-likeness (QED) is 0.792. The molecule has 0 atom stereocenters. The van der Waals surface area contributed by atoms with Crippen LogP contribution in [0.2, 0.25) is 0 Å². The summed E-state index contributed by atoms with van der Waals surface area (Å²) in [6.07, 6.45) is 5.23. The summed E-state index contributed by atoms with van der Waals surface area (Å²) in [7, 11) is 1.32. The number of hydrogen-bond acceptors (Lipinski definition) is 6. The van der Waals surface area contributed by atoms with Crippen molar-refractivity contribution in [1.29, 1.82) is 0 Å². The number of ether oxygens (including phenoxy) is 1. The first kappa shape index (κ1) is 13.9. The average molecular weight is 275 g/mol. The van der Waals surface area contributed by atoms with Gasteiger partial charge in [0.1, 0.15) is 11.4 Å². The minimum Gasteiger partial charge on any atom is -0.465 e. The summed E-state index contributed by atoms with van der Waals surface area (Å²) in [6, 6.07) is 1.54. The van der Waals surface area contributed by atoms with Crippen molar-refractivity contribution >= 4 is 17.5 Å². The zero-order chi connectivity index (χ0) is 14.5. The summed E-state index contributed by atoms with van der Waals surface area (Å²) in [5.74, 6) is -0.0165. The SMILES string of the molecule is COC(=O)c1cc(N)cnc1NCCn1cc(C)cn1. The van der Waals surface area contributed by atoms with Crippen LogP contribution >= 0.6 is 0 Å². The molecule has 0 unspecified atom stereocenters. The van der Waals surface area contributed by atoms with Gasteiger partial charge in [-0.3, -0.25) is 4.68 Å². The van der Waals surface area contributed by atoms with Gasteiger partial charge in [-0.25, -0.2) is 9.78 Å². The van der Waals surface area contributed by atoms with Crippen molar-refractivity contribution in [3.05, 3.63) is 35.8 Å². The topological polar surface area (TPSA) is 95.1 Å². The van der Waals surface area contributed by atoms with Gasteiger partial charge in [0.15, 0.2) is 0 Å². The van der Waals surface area contributed by atoms with Crippen molar-refractivity contribution in [2.24, 2.45) is 0 Å². The molecule has 20 heavy (non-hydrogen) atoms. The normalized spacial score (nSPS) is 10.3. The predicted molar refractivity (Wildman–Crippen MR) is 75.4 cm³/mol. The Hall–Kier alpha value is -2.57. The number of rotatable bonds is 5. The Morgan fingerprint density at radius 2 is 2.30 bits per heavy atom. The molecule has 0 saturated carbocycles. The largest absolute Gasteiger partial charge is 0.465 e. The van der Waals surface area contributed by atoms with Crippen molar-refractivity contribution in [3.63, 3.8) is 0 Å². The number of esters is 1. The lowest BCUT2D eigenvalue weighted by atomic mass is 10.2. The maximum Gasteiger partial charge on any atom is 0.341 e. The molecule has 0 amide bonds. The zero-order valence-corrected chi connectivity index (χ0v) is 11.5.